The van der Waals surface area contributed by atoms with Gasteiger partial charge in [-0.15, -0.1) is 0 Å². The average molecular weight is 242 g/mol. The third kappa shape index (κ3) is 1.69. The predicted molar refractivity (Wildman–Crippen MR) is 69.0 cm³/mol. The second-order valence-corrected chi connectivity index (χ2v) is 4.45. The molecule has 1 aliphatic heterocycles. The number of benzene rings is 1. The fourth-order valence-corrected chi connectivity index (χ4v) is 2.30. The van der Waals surface area contributed by atoms with Gasteiger partial charge in [-0.3, -0.25) is 4.79 Å². The van der Waals surface area contributed by atoms with E-state index < -0.39 is 0 Å². The Balaban J connectivity index is 2.08. The summed E-state index contributed by atoms with van der Waals surface area (Å²) in [6, 6.07) is 5.88. The van der Waals surface area contributed by atoms with Crippen molar-refractivity contribution in [3.05, 3.63) is 35.3 Å². The van der Waals surface area contributed by atoms with Gasteiger partial charge in [0.25, 0.3) is 0 Å². The molecule has 5 nitrogen and oxygen atoms in total. The zero-order valence-electron chi connectivity index (χ0n) is 10.1. The highest BCUT2D eigenvalue weighted by Crippen LogP contribution is 2.29. The normalized spacial score (nSPS) is 13.6. The first kappa shape index (κ1) is 11.0. The van der Waals surface area contributed by atoms with Crippen LogP contribution in [0.2, 0.25) is 0 Å². The SMILES string of the molecule is Cc1nc(-c2ccc3c(c2)CC(=O)N3)c(CN)[nH]1. The molecule has 0 unspecified atom stereocenters. The molecule has 4 N–H and O–H groups in total. The van der Waals surface area contributed by atoms with Crippen molar-refractivity contribution in [2.24, 2.45) is 5.73 Å². The van der Waals surface area contributed by atoms with Gasteiger partial charge in [-0.1, -0.05) is 6.07 Å². The number of amides is 1. The van der Waals surface area contributed by atoms with Crippen LogP contribution < -0.4 is 11.1 Å². The van der Waals surface area contributed by atoms with Crippen molar-refractivity contribution in [3.63, 3.8) is 0 Å². The van der Waals surface area contributed by atoms with Crippen molar-refractivity contribution in [2.45, 2.75) is 19.9 Å². The van der Waals surface area contributed by atoms with Crippen molar-refractivity contribution in [1.82, 2.24) is 9.97 Å². The molecule has 3 rings (SSSR count). The fourth-order valence-electron chi connectivity index (χ4n) is 2.30. The Morgan fingerprint density at radius 3 is 3.06 bits per heavy atom. The van der Waals surface area contributed by atoms with Gasteiger partial charge in [0.2, 0.25) is 5.91 Å². The molecule has 1 aliphatic rings. The Kier molecular flexibility index (Phi) is 2.41. The molecular formula is C13H14N4O. The molecule has 0 bridgehead atoms. The summed E-state index contributed by atoms with van der Waals surface area (Å²) in [5.74, 6) is 0.888. The Hall–Kier alpha value is -2.14. The first-order valence-electron chi connectivity index (χ1n) is 5.86. The van der Waals surface area contributed by atoms with Gasteiger partial charge in [-0.2, -0.15) is 0 Å². The van der Waals surface area contributed by atoms with E-state index in [2.05, 4.69) is 15.3 Å². The van der Waals surface area contributed by atoms with Crippen molar-refractivity contribution < 1.29 is 4.79 Å². The van der Waals surface area contributed by atoms with E-state index in [4.69, 9.17) is 5.73 Å². The number of aromatic amines is 1. The molecule has 0 fully saturated rings. The highest BCUT2D eigenvalue weighted by atomic mass is 16.1. The molecule has 5 heteroatoms. The molecule has 0 saturated carbocycles. The van der Waals surface area contributed by atoms with E-state index in [9.17, 15) is 4.79 Å². The van der Waals surface area contributed by atoms with Crippen LogP contribution in [0, 0.1) is 6.92 Å². The van der Waals surface area contributed by atoms with Gasteiger partial charge in [0.1, 0.15) is 5.82 Å². The lowest BCUT2D eigenvalue weighted by Gasteiger charge is -2.03. The van der Waals surface area contributed by atoms with E-state index in [0.29, 0.717) is 13.0 Å². The van der Waals surface area contributed by atoms with Crippen LogP contribution in [-0.2, 0) is 17.8 Å². The van der Waals surface area contributed by atoms with Gasteiger partial charge in [0, 0.05) is 17.8 Å². The van der Waals surface area contributed by atoms with Crippen molar-refractivity contribution in [2.75, 3.05) is 5.32 Å². The molecule has 2 heterocycles. The molecule has 0 spiro atoms. The Morgan fingerprint density at radius 2 is 2.28 bits per heavy atom. The number of fused-ring (bicyclic) bond motifs is 1. The monoisotopic (exact) mass is 242 g/mol. The average Bonchev–Trinajstić information content (AvgIpc) is 2.89. The van der Waals surface area contributed by atoms with E-state index in [0.717, 1.165) is 34.0 Å². The smallest absolute Gasteiger partial charge is 0.228 e. The van der Waals surface area contributed by atoms with E-state index in [1.165, 1.54) is 0 Å². The lowest BCUT2D eigenvalue weighted by atomic mass is 10.0. The summed E-state index contributed by atoms with van der Waals surface area (Å²) in [5, 5.41) is 2.82. The molecule has 18 heavy (non-hydrogen) atoms. The van der Waals surface area contributed by atoms with E-state index >= 15 is 0 Å². The number of hydrogen-bond acceptors (Lipinski definition) is 3. The fraction of sp³-hybridized carbons (Fsp3) is 0.231. The number of nitrogens with two attached hydrogens (primary N) is 1. The highest BCUT2D eigenvalue weighted by Gasteiger charge is 2.19. The zero-order valence-corrected chi connectivity index (χ0v) is 10.1. The molecule has 0 saturated heterocycles. The quantitative estimate of drug-likeness (QED) is 0.743. The lowest BCUT2D eigenvalue weighted by molar-refractivity contribution is -0.115. The summed E-state index contributed by atoms with van der Waals surface area (Å²) in [6.07, 6.45) is 0.435. The number of anilines is 1. The van der Waals surface area contributed by atoms with Crippen molar-refractivity contribution in [3.8, 4) is 11.3 Å². The van der Waals surface area contributed by atoms with Gasteiger partial charge in [-0.25, -0.2) is 4.98 Å². The lowest BCUT2D eigenvalue weighted by Crippen LogP contribution is -2.03. The number of aryl methyl sites for hydroxylation is 1. The molecular weight excluding hydrogens is 228 g/mol. The molecule has 0 atom stereocenters. The summed E-state index contributed by atoms with van der Waals surface area (Å²) in [6.45, 7) is 2.32. The zero-order chi connectivity index (χ0) is 12.7. The first-order chi connectivity index (χ1) is 8.67. The number of hydrogen-bond donors (Lipinski definition) is 3. The summed E-state index contributed by atoms with van der Waals surface area (Å²) in [7, 11) is 0. The standard InChI is InChI=1S/C13H14N4O/c1-7-15-11(6-14)13(16-7)8-2-3-10-9(4-8)5-12(18)17-10/h2-4H,5-6,14H2,1H3,(H,15,16)(H,17,18). The number of imidazole rings is 1. The Labute approximate surface area is 104 Å². The maximum Gasteiger partial charge on any atom is 0.228 e. The minimum Gasteiger partial charge on any atom is -0.345 e. The largest absolute Gasteiger partial charge is 0.345 e. The number of rotatable bonds is 2. The summed E-state index contributed by atoms with van der Waals surface area (Å²) >= 11 is 0. The van der Waals surface area contributed by atoms with E-state index in [1.807, 2.05) is 25.1 Å². The van der Waals surface area contributed by atoms with Gasteiger partial charge >= 0.3 is 0 Å². The van der Waals surface area contributed by atoms with E-state index in [1.54, 1.807) is 0 Å². The minimum absolute atomic E-state index is 0.0411. The predicted octanol–water partition coefficient (Wildman–Crippen LogP) is 1.34. The molecule has 1 amide bonds. The van der Waals surface area contributed by atoms with Crippen LogP contribution in [0.5, 0.6) is 0 Å². The Bertz CT molecular complexity index is 630. The van der Waals surface area contributed by atoms with Gasteiger partial charge < -0.3 is 16.0 Å². The van der Waals surface area contributed by atoms with Crippen molar-refractivity contribution >= 4 is 11.6 Å². The summed E-state index contributed by atoms with van der Waals surface area (Å²) < 4.78 is 0. The van der Waals surface area contributed by atoms with Crippen LogP contribution in [0.3, 0.4) is 0 Å². The molecule has 0 radical (unpaired) electrons. The Morgan fingerprint density at radius 1 is 1.44 bits per heavy atom. The first-order valence-corrected chi connectivity index (χ1v) is 5.86. The number of aromatic nitrogens is 2. The molecule has 0 aliphatic carbocycles. The van der Waals surface area contributed by atoms with Crippen LogP contribution in [0.4, 0.5) is 5.69 Å². The number of nitrogens with zero attached hydrogens (tertiary/aromatic N) is 1. The molecule has 1 aromatic carbocycles. The van der Waals surface area contributed by atoms with Crippen LogP contribution in [0.1, 0.15) is 17.1 Å². The topological polar surface area (TPSA) is 83.8 Å². The third-order valence-electron chi connectivity index (χ3n) is 3.11. The van der Waals surface area contributed by atoms with Crippen LogP contribution in [0.15, 0.2) is 18.2 Å². The molecule has 92 valence electrons. The van der Waals surface area contributed by atoms with Gasteiger partial charge in [-0.05, 0) is 24.6 Å². The van der Waals surface area contributed by atoms with Gasteiger partial charge in [0.05, 0.1) is 17.8 Å². The number of H-pyrrole nitrogens is 1. The second kappa shape index (κ2) is 3.96. The van der Waals surface area contributed by atoms with Crippen LogP contribution in [-0.4, -0.2) is 15.9 Å². The third-order valence-corrected chi connectivity index (χ3v) is 3.11. The number of carbonyl (C=O) groups excluding carboxylic acids is 1. The van der Waals surface area contributed by atoms with Crippen molar-refractivity contribution in [1.29, 1.82) is 0 Å². The summed E-state index contributed by atoms with van der Waals surface area (Å²) in [4.78, 5) is 18.9. The maximum atomic E-state index is 11.3. The minimum atomic E-state index is 0.0411. The maximum absolute atomic E-state index is 11.3. The molecule has 1 aromatic heterocycles. The van der Waals surface area contributed by atoms with E-state index in [-0.39, 0.29) is 5.91 Å². The highest BCUT2D eigenvalue weighted by molar-refractivity contribution is 5.99. The van der Waals surface area contributed by atoms with Crippen LogP contribution in [0.25, 0.3) is 11.3 Å². The summed E-state index contributed by atoms with van der Waals surface area (Å²) in [5.41, 5.74) is 10.4. The second-order valence-electron chi connectivity index (χ2n) is 4.45. The number of nitrogens with one attached hydrogen (secondary N) is 2. The van der Waals surface area contributed by atoms with Gasteiger partial charge in [0.15, 0.2) is 0 Å². The molecule has 2 aromatic rings. The van der Waals surface area contributed by atoms with Crippen LogP contribution >= 0.6 is 0 Å². The number of carbonyl (C=O) groups is 1.